The summed E-state index contributed by atoms with van der Waals surface area (Å²) in [5.74, 6) is -1.97. The predicted octanol–water partition coefficient (Wildman–Crippen LogP) is 6.39. The van der Waals surface area contributed by atoms with Crippen molar-refractivity contribution >= 4 is 34.8 Å². The Bertz CT molecular complexity index is 1420. The van der Waals surface area contributed by atoms with Crippen LogP contribution in [0.3, 0.4) is 0 Å². The Kier molecular flexibility index (Phi) is 15.3. The lowest BCUT2D eigenvalue weighted by atomic mass is 9.92. The van der Waals surface area contributed by atoms with Crippen LogP contribution in [0.2, 0.25) is 5.02 Å². The van der Waals surface area contributed by atoms with Gasteiger partial charge in [0.05, 0.1) is 25.0 Å². The van der Waals surface area contributed by atoms with Crippen LogP contribution in [0.15, 0.2) is 23.2 Å². The van der Waals surface area contributed by atoms with Crippen LogP contribution in [0.4, 0.5) is 20.2 Å². The number of aliphatic imine (C=N–C) groups is 1. The number of anilines is 2. The molecule has 2 heterocycles. The monoisotopic (exact) mass is 677 g/mol. The van der Waals surface area contributed by atoms with Crippen LogP contribution in [0.25, 0.3) is 11.3 Å². The summed E-state index contributed by atoms with van der Waals surface area (Å²) in [7, 11) is 2.89. The van der Waals surface area contributed by atoms with Crippen LogP contribution in [0, 0.1) is 11.2 Å². The van der Waals surface area contributed by atoms with Gasteiger partial charge in [-0.2, -0.15) is 4.39 Å². The highest BCUT2D eigenvalue weighted by Crippen LogP contribution is 2.51. The molecular formula is C34H50ClF2N7O3. The Balaban J connectivity index is 0.000000386. The SMILES string of the molecule is C=C1CCCCNC(COCC)C1.CCOCCCNC(=NC)c1c(OC)nc(-c2c(C(=N)F)c(N)cc(Cl)c2C2CC2)c(F)c1N. The number of aromatic nitrogens is 1. The second-order valence-electron chi connectivity index (χ2n) is 11.5. The molecule has 1 atom stereocenters. The largest absolute Gasteiger partial charge is 0.480 e. The van der Waals surface area contributed by atoms with Gasteiger partial charge < -0.3 is 36.3 Å². The number of methoxy groups -OCH3 is 1. The van der Waals surface area contributed by atoms with Gasteiger partial charge in [-0.25, -0.2) is 9.37 Å². The summed E-state index contributed by atoms with van der Waals surface area (Å²) in [4.78, 5) is 8.53. The van der Waals surface area contributed by atoms with Gasteiger partial charge in [-0.3, -0.25) is 10.4 Å². The topological polar surface area (TPSA) is 153 Å². The number of hydrogen-bond donors (Lipinski definition) is 5. The Morgan fingerprint density at radius 2 is 1.94 bits per heavy atom. The number of nitrogens with two attached hydrogens (primary N) is 2. The second kappa shape index (κ2) is 18.9. The van der Waals surface area contributed by atoms with E-state index in [9.17, 15) is 4.39 Å². The average Bonchev–Trinajstić information content (AvgIpc) is 3.87. The van der Waals surface area contributed by atoms with Crippen LogP contribution in [-0.2, 0) is 9.47 Å². The quantitative estimate of drug-likeness (QED) is 0.0538. The van der Waals surface area contributed by atoms with Crippen molar-refractivity contribution < 1.29 is 23.0 Å². The molecule has 1 aliphatic carbocycles. The third kappa shape index (κ3) is 10.3. The summed E-state index contributed by atoms with van der Waals surface area (Å²) >= 11 is 6.43. The fraction of sp³-hybridized carbons (Fsp3) is 0.559. The first-order valence-electron chi connectivity index (χ1n) is 16.2. The van der Waals surface area contributed by atoms with Gasteiger partial charge in [-0.05, 0) is 82.9 Å². The van der Waals surface area contributed by atoms with Crippen LogP contribution in [0.1, 0.15) is 81.4 Å². The van der Waals surface area contributed by atoms with Gasteiger partial charge in [0.15, 0.2) is 5.82 Å². The molecule has 2 fully saturated rings. The average molecular weight is 678 g/mol. The van der Waals surface area contributed by atoms with Crippen LogP contribution in [-0.4, -0.2) is 76.5 Å². The smallest absolute Gasteiger partial charge is 0.227 e. The number of pyridine rings is 1. The van der Waals surface area contributed by atoms with Crippen molar-refractivity contribution in [2.24, 2.45) is 4.99 Å². The number of hydrogen-bond acceptors (Lipinski definition) is 9. The molecule has 1 saturated heterocycles. The van der Waals surface area contributed by atoms with Gasteiger partial charge in [0.25, 0.3) is 0 Å². The molecule has 1 aliphatic heterocycles. The summed E-state index contributed by atoms with van der Waals surface area (Å²) in [6.07, 6.45) is 7.11. The minimum atomic E-state index is -1.32. The third-order valence-electron chi connectivity index (χ3n) is 7.99. The molecule has 10 nitrogen and oxygen atoms in total. The van der Waals surface area contributed by atoms with Gasteiger partial charge in [0.1, 0.15) is 17.1 Å². The molecular weight excluding hydrogens is 628 g/mol. The predicted molar refractivity (Wildman–Crippen MR) is 187 cm³/mol. The number of nitrogen functional groups attached to an aromatic ring is 2. The fourth-order valence-electron chi connectivity index (χ4n) is 5.55. The second-order valence-corrected chi connectivity index (χ2v) is 12.0. The number of halogens is 3. The van der Waals surface area contributed by atoms with Crippen molar-refractivity contribution in [1.29, 1.82) is 5.41 Å². The Morgan fingerprint density at radius 1 is 1.21 bits per heavy atom. The van der Waals surface area contributed by atoms with Crippen molar-refractivity contribution in [2.75, 3.05) is 65.1 Å². The molecule has 47 heavy (non-hydrogen) atoms. The van der Waals surface area contributed by atoms with Crippen LogP contribution >= 0.6 is 11.6 Å². The van der Waals surface area contributed by atoms with Crippen molar-refractivity contribution in [3.05, 3.63) is 45.7 Å². The van der Waals surface area contributed by atoms with Gasteiger partial charge in [0.2, 0.25) is 11.8 Å². The van der Waals surface area contributed by atoms with Crippen molar-refractivity contribution in [1.82, 2.24) is 15.6 Å². The number of benzene rings is 1. The molecule has 260 valence electrons. The van der Waals surface area contributed by atoms with E-state index in [0.717, 1.165) is 39.0 Å². The van der Waals surface area contributed by atoms with Crippen molar-refractivity contribution in [3.8, 4) is 17.1 Å². The Hall–Kier alpha value is -3.32. The molecule has 1 aromatic heterocycles. The van der Waals surface area contributed by atoms with E-state index in [1.807, 2.05) is 13.8 Å². The first-order valence-corrected chi connectivity index (χ1v) is 16.6. The highest BCUT2D eigenvalue weighted by atomic mass is 35.5. The maximum absolute atomic E-state index is 15.8. The normalized spacial score (nSPS) is 17.0. The van der Waals surface area contributed by atoms with Crippen molar-refractivity contribution in [2.45, 2.75) is 70.8 Å². The van der Waals surface area contributed by atoms with Crippen LogP contribution < -0.4 is 26.8 Å². The summed E-state index contributed by atoms with van der Waals surface area (Å²) in [6.45, 7) is 12.5. The van der Waals surface area contributed by atoms with E-state index in [4.69, 9.17) is 42.7 Å². The summed E-state index contributed by atoms with van der Waals surface area (Å²) < 4.78 is 46.3. The number of nitrogens with one attached hydrogen (secondary N) is 3. The maximum atomic E-state index is 15.8. The molecule has 0 bridgehead atoms. The minimum Gasteiger partial charge on any atom is -0.480 e. The van der Waals surface area contributed by atoms with E-state index in [-0.39, 0.29) is 56.4 Å². The molecule has 7 N–H and O–H groups in total. The van der Waals surface area contributed by atoms with E-state index < -0.39 is 11.8 Å². The molecule has 1 aromatic carbocycles. The van der Waals surface area contributed by atoms with E-state index in [0.29, 0.717) is 37.8 Å². The fourth-order valence-corrected chi connectivity index (χ4v) is 5.92. The molecule has 2 aromatic rings. The third-order valence-corrected chi connectivity index (χ3v) is 8.31. The summed E-state index contributed by atoms with van der Waals surface area (Å²) in [5, 5.41) is 14.5. The molecule has 1 unspecified atom stereocenters. The maximum Gasteiger partial charge on any atom is 0.227 e. The number of ether oxygens (including phenoxy) is 3. The summed E-state index contributed by atoms with van der Waals surface area (Å²) in [6, 6.07) is 1.87. The standard InChI is InChI=1S/C23H29ClF2N6O2.C11H21NO/c1-4-34-9-5-8-31-22(30-2)17-19(28)18(25)20(32-23(17)33-3)16-14(11-6-7-11)12(24)10-13(27)15(16)21(26)29;1-3-13-9-11-8-10(2)6-4-5-7-12-11/h10-11,29H,4-9,27H2,1-3H3,(H2,28,32)(H,30,31);11-12H,2-9H2,1H3. The molecule has 0 radical (unpaired) electrons. The highest BCUT2D eigenvalue weighted by molar-refractivity contribution is 6.32. The van der Waals surface area contributed by atoms with Crippen molar-refractivity contribution in [3.63, 3.8) is 0 Å². The first kappa shape index (κ1) is 38.1. The Labute approximate surface area is 282 Å². The van der Waals surface area contributed by atoms with Gasteiger partial charge in [-0.15, -0.1) is 0 Å². The summed E-state index contributed by atoms with van der Waals surface area (Å²) in [5.41, 5.74) is 13.3. The van der Waals surface area contributed by atoms with Gasteiger partial charge in [0, 0.05) is 55.7 Å². The van der Waals surface area contributed by atoms with Crippen LogP contribution in [0.5, 0.6) is 5.88 Å². The van der Waals surface area contributed by atoms with E-state index in [2.05, 4.69) is 27.2 Å². The minimum absolute atomic E-state index is 0.0107. The Morgan fingerprint density at radius 3 is 2.55 bits per heavy atom. The van der Waals surface area contributed by atoms with Gasteiger partial charge >= 0.3 is 0 Å². The zero-order valence-corrected chi connectivity index (χ0v) is 28.8. The zero-order valence-electron chi connectivity index (χ0n) is 28.0. The molecule has 0 amide bonds. The highest BCUT2D eigenvalue weighted by Gasteiger charge is 2.35. The van der Waals surface area contributed by atoms with E-state index in [1.54, 1.807) is 0 Å². The molecule has 13 heteroatoms. The van der Waals surface area contributed by atoms with E-state index >= 15 is 4.39 Å². The molecule has 0 spiro atoms. The molecule has 2 aliphatic rings. The lowest BCUT2D eigenvalue weighted by Gasteiger charge is -2.22. The lowest BCUT2D eigenvalue weighted by Crippen LogP contribution is -2.35. The number of rotatable bonds is 13. The lowest BCUT2D eigenvalue weighted by molar-refractivity contribution is 0.121. The molecule has 1 saturated carbocycles. The van der Waals surface area contributed by atoms with Gasteiger partial charge in [-0.1, -0.05) is 23.8 Å². The number of amidine groups is 1. The zero-order chi connectivity index (χ0) is 34.5. The molecule has 4 rings (SSSR count). The van der Waals surface area contributed by atoms with E-state index in [1.165, 1.54) is 45.1 Å². The number of nitrogens with zero attached hydrogens (tertiary/aromatic N) is 2. The first-order chi connectivity index (χ1) is 22.6.